The Balaban J connectivity index is 1.98. The van der Waals surface area contributed by atoms with E-state index in [0.717, 1.165) is 7.11 Å². The third kappa shape index (κ3) is 5.08. The van der Waals surface area contributed by atoms with Crippen LogP contribution in [0.3, 0.4) is 0 Å². The summed E-state index contributed by atoms with van der Waals surface area (Å²) in [4.78, 5) is 40.9. The van der Waals surface area contributed by atoms with Gasteiger partial charge in [0.2, 0.25) is 0 Å². The highest BCUT2D eigenvalue weighted by Crippen LogP contribution is 2.45. The molecular weight excluding hydrogens is 512 g/mol. The highest BCUT2D eigenvalue weighted by molar-refractivity contribution is 6.08. The van der Waals surface area contributed by atoms with Crippen LogP contribution in [0.1, 0.15) is 21.8 Å². The van der Waals surface area contributed by atoms with E-state index in [1.54, 1.807) is 54.6 Å². The maximum absolute atomic E-state index is 13.3. The first kappa shape index (κ1) is 27.5. The molecule has 1 amide bonds. The number of nitrogens with one attached hydrogen (secondary N) is 1. The molecule has 1 heterocycles. The van der Waals surface area contributed by atoms with E-state index in [9.17, 15) is 19.6 Å². The number of rotatable bonds is 7. The third-order valence-corrected chi connectivity index (χ3v) is 6.32. The van der Waals surface area contributed by atoms with Crippen LogP contribution in [0.25, 0.3) is 0 Å². The number of ether oxygens (including phenoxy) is 3. The first-order valence-electron chi connectivity index (χ1n) is 12.1. The van der Waals surface area contributed by atoms with Crippen LogP contribution in [0, 0.1) is 11.3 Å². The molecule has 4 rings (SSSR count). The van der Waals surface area contributed by atoms with Crippen LogP contribution in [0.5, 0.6) is 5.75 Å². The van der Waals surface area contributed by atoms with Gasteiger partial charge in [0.25, 0.3) is 5.91 Å². The maximum atomic E-state index is 13.3. The number of carbonyl (C=O) groups excluding carboxylic acids is 3. The van der Waals surface area contributed by atoms with E-state index < -0.39 is 23.8 Å². The van der Waals surface area contributed by atoms with Crippen molar-refractivity contribution in [2.24, 2.45) is 5.73 Å². The van der Waals surface area contributed by atoms with E-state index in [1.807, 2.05) is 6.07 Å². The Morgan fingerprint density at radius 1 is 0.900 bits per heavy atom. The van der Waals surface area contributed by atoms with E-state index in [-0.39, 0.29) is 39.7 Å². The first-order chi connectivity index (χ1) is 19.4. The van der Waals surface area contributed by atoms with E-state index in [4.69, 9.17) is 19.9 Å². The van der Waals surface area contributed by atoms with Crippen molar-refractivity contribution in [1.29, 1.82) is 5.26 Å². The van der Waals surface area contributed by atoms with Crippen LogP contribution in [0.4, 0.5) is 11.4 Å². The van der Waals surface area contributed by atoms with Gasteiger partial charge in [-0.05, 0) is 35.9 Å². The third-order valence-electron chi connectivity index (χ3n) is 6.32. The van der Waals surface area contributed by atoms with Crippen molar-refractivity contribution < 1.29 is 28.6 Å². The van der Waals surface area contributed by atoms with Gasteiger partial charge < -0.3 is 25.3 Å². The van der Waals surface area contributed by atoms with Crippen molar-refractivity contribution in [2.75, 3.05) is 31.5 Å². The zero-order valence-electron chi connectivity index (χ0n) is 22.0. The van der Waals surface area contributed by atoms with E-state index in [2.05, 4.69) is 11.4 Å². The molecule has 40 heavy (non-hydrogen) atoms. The van der Waals surface area contributed by atoms with Crippen molar-refractivity contribution in [3.8, 4) is 11.8 Å². The molecule has 0 saturated heterocycles. The van der Waals surface area contributed by atoms with Crippen LogP contribution in [0.2, 0.25) is 0 Å². The summed E-state index contributed by atoms with van der Waals surface area (Å²) in [5.41, 5.74) is 7.56. The molecule has 0 aliphatic carbocycles. The van der Waals surface area contributed by atoms with E-state index >= 15 is 0 Å². The van der Waals surface area contributed by atoms with Gasteiger partial charge in [-0.15, -0.1) is 0 Å². The number of nitrogens with two attached hydrogens (primary N) is 1. The van der Waals surface area contributed by atoms with Crippen molar-refractivity contribution in [3.63, 3.8) is 0 Å². The lowest BCUT2D eigenvalue weighted by molar-refractivity contribution is -0.139. The number of hydrogen-bond donors (Lipinski definition) is 2. The number of para-hydroxylation sites is 1. The molecule has 0 aromatic heterocycles. The summed E-state index contributed by atoms with van der Waals surface area (Å²) in [6.45, 7) is 0. The van der Waals surface area contributed by atoms with Gasteiger partial charge in [-0.3, -0.25) is 9.69 Å². The Bertz CT molecular complexity index is 1560. The van der Waals surface area contributed by atoms with Crippen molar-refractivity contribution in [3.05, 3.63) is 113 Å². The number of benzene rings is 3. The van der Waals surface area contributed by atoms with E-state index in [0.29, 0.717) is 11.3 Å². The Morgan fingerprint density at radius 3 is 2.10 bits per heavy atom. The molecule has 1 unspecified atom stereocenters. The zero-order chi connectivity index (χ0) is 28.8. The van der Waals surface area contributed by atoms with Gasteiger partial charge in [0.15, 0.2) is 0 Å². The van der Waals surface area contributed by atoms with Gasteiger partial charge in [-0.2, -0.15) is 5.26 Å². The lowest BCUT2D eigenvalue weighted by Gasteiger charge is -2.36. The molecule has 0 fully saturated rings. The highest BCUT2D eigenvalue weighted by Gasteiger charge is 2.43. The monoisotopic (exact) mass is 538 g/mol. The lowest BCUT2D eigenvalue weighted by Crippen LogP contribution is -2.41. The second kappa shape index (κ2) is 11.9. The minimum Gasteiger partial charge on any atom is -0.495 e. The summed E-state index contributed by atoms with van der Waals surface area (Å²) in [6.07, 6.45) is 0. The number of esters is 2. The highest BCUT2D eigenvalue weighted by atomic mass is 16.5. The summed E-state index contributed by atoms with van der Waals surface area (Å²) >= 11 is 0. The largest absolute Gasteiger partial charge is 0.495 e. The van der Waals surface area contributed by atoms with Crippen LogP contribution < -0.4 is 20.7 Å². The SMILES string of the molecule is COC(=O)C1=C(C(=O)OC)N(c2cc(C(=O)Nc3ccccc3)ccc2OC)C(N)=C(C#N)C1c1ccccc1. The van der Waals surface area contributed by atoms with Crippen LogP contribution in [-0.2, 0) is 19.1 Å². The van der Waals surface area contributed by atoms with Crippen molar-refractivity contribution >= 4 is 29.2 Å². The molecule has 1 aliphatic heterocycles. The fourth-order valence-electron chi connectivity index (χ4n) is 4.49. The first-order valence-corrected chi connectivity index (χ1v) is 12.1. The van der Waals surface area contributed by atoms with Gasteiger partial charge in [0, 0.05) is 11.3 Å². The fraction of sp³-hybridized carbons (Fsp3) is 0.133. The summed E-state index contributed by atoms with van der Waals surface area (Å²) in [6, 6.07) is 24.1. The number of nitriles is 1. The van der Waals surface area contributed by atoms with Crippen molar-refractivity contribution in [2.45, 2.75) is 5.92 Å². The summed E-state index contributed by atoms with van der Waals surface area (Å²) in [5, 5.41) is 13.0. The summed E-state index contributed by atoms with van der Waals surface area (Å²) in [7, 11) is 3.72. The summed E-state index contributed by atoms with van der Waals surface area (Å²) in [5.74, 6) is -3.20. The molecule has 3 N–H and O–H groups in total. The Hall–Kier alpha value is -5.56. The smallest absolute Gasteiger partial charge is 0.355 e. The Morgan fingerprint density at radius 2 is 1.52 bits per heavy atom. The molecule has 3 aromatic carbocycles. The molecule has 10 heteroatoms. The van der Waals surface area contributed by atoms with E-state index in [1.165, 1.54) is 37.3 Å². The number of amides is 1. The Kier molecular flexibility index (Phi) is 8.16. The molecule has 202 valence electrons. The second-order valence-electron chi connectivity index (χ2n) is 8.54. The molecule has 3 aromatic rings. The number of nitrogens with zero attached hydrogens (tertiary/aromatic N) is 2. The molecule has 1 atom stereocenters. The second-order valence-corrected chi connectivity index (χ2v) is 8.54. The van der Waals surface area contributed by atoms with Gasteiger partial charge in [0.1, 0.15) is 17.3 Å². The number of allylic oxidation sites excluding steroid dienone is 1. The minimum atomic E-state index is -1.03. The molecule has 0 spiro atoms. The summed E-state index contributed by atoms with van der Waals surface area (Å²) < 4.78 is 15.7. The topological polar surface area (TPSA) is 144 Å². The fourth-order valence-corrected chi connectivity index (χ4v) is 4.49. The number of methoxy groups -OCH3 is 3. The van der Waals surface area contributed by atoms with Gasteiger partial charge >= 0.3 is 11.9 Å². The van der Waals surface area contributed by atoms with Crippen LogP contribution >= 0.6 is 0 Å². The molecule has 0 saturated carbocycles. The molecule has 0 bridgehead atoms. The molecule has 1 aliphatic rings. The lowest BCUT2D eigenvalue weighted by atomic mass is 9.81. The van der Waals surface area contributed by atoms with Crippen LogP contribution in [-0.4, -0.2) is 39.2 Å². The zero-order valence-corrected chi connectivity index (χ0v) is 22.0. The standard InChI is InChI=1S/C30H26N4O6/c1-38-23-15-14-19(28(35)33-20-12-8-5-9-13-20)16-22(23)34-26(30(37)40-3)25(29(36)39-2)24(21(17-31)27(34)32)18-10-6-4-7-11-18/h4-16,24H,32H2,1-3H3,(H,33,35). The van der Waals surface area contributed by atoms with Gasteiger partial charge in [-0.25, -0.2) is 9.59 Å². The number of carbonyl (C=O) groups is 3. The number of hydrogen-bond acceptors (Lipinski definition) is 9. The normalized spacial score (nSPS) is 14.8. The average molecular weight is 539 g/mol. The average Bonchev–Trinajstić information content (AvgIpc) is 3.00. The predicted octanol–water partition coefficient (Wildman–Crippen LogP) is 3.85. The van der Waals surface area contributed by atoms with Crippen molar-refractivity contribution in [1.82, 2.24) is 0 Å². The molecule has 10 nitrogen and oxygen atoms in total. The number of anilines is 2. The predicted molar refractivity (Wildman–Crippen MR) is 147 cm³/mol. The van der Waals surface area contributed by atoms with Crippen LogP contribution in [0.15, 0.2) is 102 Å². The quantitative estimate of drug-likeness (QED) is 0.429. The minimum absolute atomic E-state index is 0.0135. The maximum Gasteiger partial charge on any atom is 0.355 e. The molecular formula is C30H26N4O6. The Labute approximate surface area is 230 Å². The molecule has 0 radical (unpaired) electrons. The van der Waals surface area contributed by atoms with Gasteiger partial charge in [0.05, 0.1) is 50.2 Å². The van der Waals surface area contributed by atoms with Gasteiger partial charge in [-0.1, -0.05) is 48.5 Å².